The standard InChI is InChI=1S/C13H15N5O/c19-13-6-10(7-15-13)14-8-11-9-16-18(17-11)12-4-2-1-3-5-12/h1-5,9-10,14H,6-8H2,(H,15,19). The van der Waals surface area contributed by atoms with E-state index >= 15 is 0 Å². The van der Waals surface area contributed by atoms with Gasteiger partial charge in [-0.25, -0.2) is 0 Å². The molecule has 6 heteroatoms. The molecule has 1 aromatic heterocycles. The summed E-state index contributed by atoms with van der Waals surface area (Å²) < 4.78 is 0. The molecule has 1 aliphatic heterocycles. The Morgan fingerprint density at radius 3 is 2.95 bits per heavy atom. The van der Waals surface area contributed by atoms with E-state index in [2.05, 4.69) is 20.8 Å². The molecule has 1 atom stereocenters. The Balaban J connectivity index is 1.61. The van der Waals surface area contributed by atoms with Crippen molar-refractivity contribution in [2.45, 2.75) is 19.0 Å². The number of rotatable bonds is 4. The van der Waals surface area contributed by atoms with Crippen molar-refractivity contribution >= 4 is 5.91 Å². The minimum atomic E-state index is 0.102. The summed E-state index contributed by atoms with van der Waals surface area (Å²) >= 11 is 0. The van der Waals surface area contributed by atoms with E-state index in [0.717, 1.165) is 11.4 Å². The molecular formula is C13H15N5O. The molecule has 0 aliphatic carbocycles. The molecule has 1 amide bonds. The van der Waals surface area contributed by atoms with Crippen molar-refractivity contribution in [1.82, 2.24) is 25.6 Å². The van der Waals surface area contributed by atoms with E-state index in [1.165, 1.54) is 0 Å². The fourth-order valence-corrected chi connectivity index (χ4v) is 2.06. The van der Waals surface area contributed by atoms with Crippen LogP contribution in [0.1, 0.15) is 12.1 Å². The van der Waals surface area contributed by atoms with Crippen molar-refractivity contribution < 1.29 is 4.79 Å². The van der Waals surface area contributed by atoms with Crippen molar-refractivity contribution in [3.63, 3.8) is 0 Å². The molecule has 3 rings (SSSR count). The molecule has 0 bridgehead atoms. The summed E-state index contributed by atoms with van der Waals surface area (Å²) in [4.78, 5) is 12.7. The maximum Gasteiger partial charge on any atom is 0.221 e. The highest BCUT2D eigenvalue weighted by atomic mass is 16.1. The first-order chi connectivity index (χ1) is 9.31. The van der Waals surface area contributed by atoms with E-state index in [-0.39, 0.29) is 11.9 Å². The molecule has 0 radical (unpaired) electrons. The van der Waals surface area contributed by atoms with Crippen LogP contribution in [0.2, 0.25) is 0 Å². The zero-order valence-electron chi connectivity index (χ0n) is 10.4. The highest BCUT2D eigenvalue weighted by molar-refractivity contribution is 5.78. The fraction of sp³-hybridized carbons (Fsp3) is 0.308. The Kier molecular flexibility index (Phi) is 3.24. The van der Waals surface area contributed by atoms with Gasteiger partial charge in [0.15, 0.2) is 0 Å². The molecular weight excluding hydrogens is 242 g/mol. The number of aromatic nitrogens is 3. The lowest BCUT2D eigenvalue weighted by molar-refractivity contribution is -0.119. The Morgan fingerprint density at radius 2 is 2.21 bits per heavy atom. The number of nitrogens with zero attached hydrogens (tertiary/aromatic N) is 3. The van der Waals surface area contributed by atoms with Crippen LogP contribution in [-0.4, -0.2) is 33.5 Å². The molecule has 6 nitrogen and oxygen atoms in total. The van der Waals surface area contributed by atoms with Gasteiger partial charge in [-0.3, -0.25) is 4.79 Å². The number of hydrogen-bond donors (Lipinski definition) is 2. The van der Waals surface area contributed by atoms with Gasteiger partial charge in [0.05, 0.1) is 17.6 Å². The quantitative estimate of drug-likeness (QED) is 0.823. The monoisotopic (exact) mass is 257 g/mol. The smallest absolute Gasteiger partial charge is 0.221 e. The van der Waals surface area contributed by atoms with Crippen LogP contribution in [0.25, 0.3) is 5.69 Å². The summed E-state index contributed by atoms with van der Waals surface area (Å²) in [5.41, 5.74) is 1.80. The lowest BCUT2D eigenvalue weighted by Crippen LogP contribution is -2.30. The van der Waals surface area contributed by atoms with Gasteiger partial charge in [-0.1, -0.05) is 18.2 Å². The Hall–Kier alpha value is -2.21. The summed E-state index contributed by atoms with van der Waals surface area (Å²) in [6, 6.07) is 9.96. The lowest BCUT2D eigenvalue weighted by Gasteiger charge is -2.07. The normalized spacial score (nSPS) is 18.5. The van der Waals surface area contributed by atoms with Crippen LogP contribution in [0.15, 0.2) is 36.5 Å². The predicted octanol–water partition coefficient (Wildman–Crippen LogP) is 0.245. The summed E-state index contributed by atoms with van der Waals surface area (Å²) in [6.45, 7) is 1.30. The average molecular weight is 257 g/mol. The third-order valence-corrected chi connectivity index (χ3v) is 3.08. The molecule has 1 fully saturated rings. The third kappa shape index (κ3) is 2.79. The van der Waals surface area contributed by atoms with Crippen molar-refractivity contribution in [2.75, 3.05) is 6.54 Å². The molecule has 98 valence electrons. The number of hydrogen-bond acceptors (Lipinski definition) is 4. The molecule has 1 unspecified atom stereocenters. The van der Waals surface area contributed by atoms with Crippen molar-refractivity contribution in [3.8, 4) is 5.69 Å². The topological polar surface area (TPSA) is 71.8 Å². The second kappa shape index (κ2) is 5.19. The van der Waals surface area contributed by atoms with Crippen LogP contribution in [0.4, 0.5) is 0 Å². The van der Waals surface area contributed by atoms with Gasteiger partial charge in [0.1, 0.15) is 0 Å². The maximum absolute atomic E-state index is 11.1. The number of amides is 1. The van der Waals surface area contributed by atoms with E-state index in [1.807, 2.05) is 30.3 Å². The average Bonchev–Trinajstić information content (AvgIpc) is 3.06. The number of nitrogens with one attached hydrogen (secondary N) is 2. The van der Waals surface area contributed by atoms with Gasteiger partial charge in [-0.05, 0) is 12.1 Å². The highest BCUT2D eigenvalue weighted by Crippen LogP contribution is 2.05. The SMILES string of the molecule is O=C1CC(NCc2cnn(-c3ccccc3)n2)CN1. The van der Waals surface area contributed by atoms with E-state index in [1.54, 1.807) is 11.0 Å². The van der Waals surface area contributed by atoms with E-state index in [0.29, 0.717) is 19.5 Å². The summed E-state index contributed by atoms with van der Waals surface area (Å²) in [6.07, 6.45) is 2.27. The van der Waals surface area contributed by atoms with Gasteiger partial charge in [-0.2, -0.15) is 15.0 Å². The zero-order valence-corrected chi connectivity index (χ0v) is 10.4. The van der Waals surface area contributed by atoms with Gasteiger partial charge >= 0.3 is 0 Å². The molecule has 2 aromatic rings. The first-order valence-corrected chi connectivity index (χ1v) is 6.28. The molecule has 1 aliphatic rings. The zero-order chi connectivity index (χ0) is 13.1. The Bertz CT molecular complexity index is 565. The van der Waals surface area contributed by atoms with Crippen LogP contribution >= 0.6 is 0 Å². The molecule has 0 saturated carbocycles. The van der Waals surface area contributed by atoms with E-state index in [9.17, 15) is 4.79 Å². The van der Waals surface area contributed by atoms with E-state index < -0.39 is 0 Å². The van der Waals surface area contributed by atoms with Gasteiger partial charge < -0.3 is 10.6 Å². The van der Waals surface area contributed by atoms with E-state index in [4.69, 9.17) is 0 Å². The second-order valence-corrected chi connectivity index (χ2v) is 4.55. The molecule has 0 spiro atoms. The Labute approximate surface area is 110 Å². The maximum atomic E-state index is 11.1. The molecule has 1 saturated heterocycles. The van der Waals surface area contributed by atoms with Gasteiger partial charge in [-0.15, -0.1) is 0 Å². The Morgan fingerprint density at radius 1 is 1.37 bits per heavy atom. The second-order valence-electron chi connectivity index (χ2n) is 4.55. The highest BCUT2D eigenvalue weighted by Gasteiger charge is 2.20. The van der Waals surface area contributed by atoms with Crippen molar-refractivity contribution in [1.29, 1.82) is 0 Å². The third-order valence-electron chi connectivity index (χ3n) is 3.08. The summed E-state index contributed by atoms with van der Waals surface area (Å²) in [5.74, 6) is 0.102. The largest absolute Gasteiger partial charge is 0.354 e. The lowest BCUT2D eigenvalue weighted by atomic mass is 10.2. The first-order valence-electron chi connectivity index (χ1n) is 6.28. The van der Waals surface area contributed by atoms with Gasteiger partial charge in [0, 0.05) is 25.6 Å². The van der Waals surface area contributed by atoms with Crippen LogP contribution in [0.3, 0.4) is 0 Å². The minimum Gasteiger partial charge on any atom is -0.354 e. The number of carbonyl (C=O) groups excluding carboxylic acids is 1. The number of para-hydroxylation sites is 1. The molecule has 2 N–H and O–H groups in total. The predicted molar refractivity (Wildman–Crippen MR) is 69.6 cm³/mol. The number of carbonyl (C=O) groups is 1. The summed E-state index contributed by atoms with van der Waals surface area (Å²) in [7, 11) is 0. The van der Waals surface area contributed by atoms with Crippen LogP contribution in [0.5, 0.6) is 0 Å². The fourth-order valence-electron chi connectivity index (χ4n) is 2.06. The first kappa shape index (κ1) is 11.9. The van der Waals surface area contributed by atoms with Crippen molar-refractivity contribution in [2.24, 2.45) is 0 Å². The molecule has 2 heterocycles. The molecule has 19 heavy (non-hydrogen) atoms. The minimum absolute atomic E-state index is 0.102. The van der Waals surface area contributed by atoms with Crippen LogP contribution < -0.4 is 10.6 Å². The molecule has 1 aromatic carbocycles. The van der Waals surface area contributed by atoms with Gasteiger partial charge in [0.2, 0.25) is 5.91 Å². The van der Waals surface area contributed by atoms with Crippen molar-refractivity contribution in [3.05, 3.63) is 42.2 Å². The van der Waals surface area contributed by atoms with Crippen LogP contribution in [-0.2, 0) is 11.3 Å². The van der Waals surface area contributed by atoms with Gasteiger partial charge in [0.25, 0.3) is 0 Å². The van der Waals surface area contributed by atoms with Crippen LogP contribution in [0, 0.1) is 0 Å². The summed E-state index contributed by atoms with van der Waals surface area (Å²) in [5, 5.41) is 14.7. The number of benzene rings is 1.